The number of imide groups is 1. The zero-order valence-corrected chi connectivity index (χ0v) is 18.9. The zero-order chi connectivity index (χ0) is 23.4. The summed E-state index contributed by atoms with van der Waals surface area (Å²) in [5, 5.41) is 3.15. The van der Waals surface area contributed by atoms with Crippen LogP contribution in [0.1, 0.15) is 43.4 Å². The van der Waals surface area contributed by atoms with Crippen molar-refractivity contribution < 1.29 is 14.0 Å². The molecule has 168 valence electrons. The number of hydrogen-bond donors (Lipinski definition) is 1. The highest BCUT2D eigenvalue weighted by Crippen LogP contribution is 2.34. The van der Waals surface area contributed by atoms with Gasteiger partial charge in [0.15, 0.2) is 0 Å². The van der Waals surface area contributed by atoms with Gasteiger partial charge in [0.05, 0.1) is 11.3 Å². The summed E-state index contributed by atoms with van der Waals surface area (Å²) in [5.74, 6) is -1.26. The fourth-order valence-corrected chi connectivity index (χ4v) is 3.93. The van der Waals surface area contributed by atoms with Crippen molar-refractivity contribution in [3.8, 4) is 0 Å². The number of rotatable bonds is 8. The van der Waals surface area contributed by atoms with Crippen LogP contribution in [0.15, 0.2) is 78.5 Å². The van der Waals surface area contributed by atoms with E-state index in [-0.39, 0.29) is 11.3 Å². The molecule has 1 N–H and O–H groups in total. The second-order valence-electron chi connectivity index (χ2n) is 8.15. The molecule has 1 aliphatic heterocycles. The Labute approximate surface area is 193 Å². The molecule has 0 aliphatic carbocycles. The maximum atomic E-state index is 13.5. The largest absolute Gasteiger partial charge is 0.350 e. The lowest BCUT2D eigenvalue weighted by Crippen LogP contribution is -2.32. The average molecular weight is 443 g/mol. The van der Waals surface area contributed by atoms with Crippen LogP contribution in [0.4, 0.5) is 15.8 Å². The van der Waals surface area contributed by atoms with Crippen LogP contribution >= 0.6 is 0 Å². The van der Waals surface area contributed by atoms with Gasteiger partial charge in [0.25, 0.3) is 11.8 Å². The summed E-state index contributed by atoms with van der Waals surface area (Å²) in [4.78, 5) is 28.1. The first-order valence-corrected chi connectivity index (χ1v) is 11.4. The van der Waals surface area contributed by atoms with Gasteiger partial charge in [-0.15, -0.1) is 0 Å². The molecule has 0 unspecified atom stereocenters. The molecule has 0 spiro atoms. The molecule has 4 nitrogen and oxygen atoms in total. The summed E-state index contributed by atoms with van der Waals surface area (Å²) in [6, 6.07) is 20.9. The molecule has 0 aromatic heterocycles. The molecular weight excluding hydrogens is 415 g/mol. The van der Waals surface area contributed by atoms with Gasteiger partial charge in [-0.25, -0.2) is 9.29 Å². The molecule has 2 amide bonds. The Hall–Kier alpha value is -3.73. The molecule has 0 bridgehead atoms. The monoisotopic (exact) mass is 442 g/mol. The van der Waals surface area contributed by atoms with Gasteiger partial charge in [-0.2, -0.15) is 0 Å². The zero-order valence-electron chi connectivity index (χ0n) is 18.9. The fraction of sp³-hybridized carbons (Fsp3) is 0.214. The minimum absolute atomic E-state index is 0.186. The lowest BCUT2D eigenvalue weighted by molar-refractivity contribution is -0.120. The van der Waals surface area contributed by atoms with E-state index in [0.29, 0.717) is 16.9 Å². The van der Waals surface area contributed by atoms with E-state index < -0.39 is 17.6 Å². The Morgan fingerprint density at radius 3 is 2.03 bits per heavy atom. The van der Waals surface area contributed by atoms with E-state index in [4.69, 9.17) is 0 Å². The summed E-state index contributed by atoms with van der Waals surface area (Å²) < 4.78 is 13.5. The van der Waals surface area contributed by atoms with E-state index in [1.807, 2.05) is 48.5 Å². The number of benzene rings is 3. The highest BCUT2D eigenvalue weighted by Gasteiger charge is 2.40. The smallest absolute Gasteiger partial charge is 0.282 e. The van der Waals surface area contributed by atoms with E-state index >= 15 is 0 Å². The highest BCUT2D eigenvalue weighted by atomic mass is 19.1. The maximum Gasteiger partial charge on any atom is 0.282 e. The van der Waals surface area contributed by atoms with Crippen LogP contribution in [0.25, 0.3) is 5.57 Å². The predicted molar refractivity (Wildman–Crippen MR) is 130 cm³/mol. The Morgan fingerprint density at radius 1 is 0.788 bits per heavy atom. The van der Waals surface area contributed by atoms with Crippen molar-refractivity contribution in [2.45, 2.75) is 39.5 Å². The third-order valence-corrected chi connectivity index (χ3v) is 5.86. The molecule has 3 aromatic rings. The Kier molecular flexibility index (Phi) is 6.68. The summed E-state index contributed by atoms with van der Waals surface area (Å²) in [7, 11) is 0. The Morgan fingerprint density at radius 2 is 1.42 bits per heavy atom. The van der Waals surface area contributed by atoms with Gasteiger partial charge >= 0.3 is 0 Å². The molecule has 1 aliphatic rings. The molecule has 33 heavy (non-hydrogen) atoms. The highest BCUT2D eigenvalue weighted by molar-refractivity contribution is 6.46. The van der Waals surface area contributed by atoms with Crippen molar-refractivity contribution in [1.82, 2.24) is 0 Å². The number of aryl methyl sites for hydroxylation is 2. The van der Waals surface area contributed by atoms with Crippen LogP contribution in [0.5, 0.6) is 0 Å². The molecule has 4 rings (SSSR count). The van der Waals surface area contributed by atoms with Crippen molar-refractivity contribution in [3.63, 3.8) is 0 Å². The van der Waals surface area contributed by atoms with Gasteiger partial charge in [-0.1, -0.05) is 56.7 Å². The van der Waals surface area contributed by atoms with Crippen LogP contribution in [-0.4, -0.2) is 11.8 Å². The van der Waals surface area contributed by atoms with Crippen molar-refractivity contribution in [2.24, 2.45) is 0 Å². The fourth-order valence-electron chi connectivity index (χ4n) is 3.93. The number of anilines is 2. The van der Waals surface area contributed by atoms with E-state index in [1.165, 1.54) is 40.3 Å². The van der Waals surface area contributed by atoms with Gasteiger partial charge in [0.1, 0.15) is 11.5 Å². The maximum absolute atomic E-state index is 13.5. The van der Waals surface area contributed by atoms with E-state index in [9.17, 15) is 14.0 Å². The SMILES string of the molecule is CCCCc1ccc(N2C(=O)C(Nc3ccc(CC)cc3)=C(c3ccc(F)cc3)C2=O)cc1. The Bertz CT molecular complexity index is 1180. The first kappa shape index (κ1) is 22.5. The standard InChI is InChI=1S/C28H27FN2O2/c1-3-5-6-20-9-17-24(18-10-20)31-27(32)25(21-11-13-22(29)14-12-21)26(28(31)33)30-23-15-7-19(4-2)8-16-23/h7-18,30H,3-6H2,1-2H3. The number of nitrogens with one attached hydrogen (secondary N) is 1. The van der Waals surface area contributed by atoms with E-state index in [0.717, 1.165) is 25.7 Å². The van der Waals surface area contributed by atoms with Gasteiger partial charge in [-0.05, 0) is 72.4 Å². The third kappa shape index (κ3) is 4.72. The van der Waals surface area contributed by atoms with Crippen molar-refractivity contribution in [2.75, 3.05) is 10.2 Å². The lowest BCUT2D eigenvalue weighted by atomic mass is 10.0. The molecule has 0 atom stereocenters. The number of hydrogen-bond acceptors (Lipinski definition) is 3. The normalized spacial score (nSPS) is 13.7. The second kappa shape index (κ2) is 9.82. The van der Waals surface area contributed by atoms with Crippen molar-refractivity contribution >= 4 is 28.8 Å². The number of carbonyl (C=O) groups excluding carboxylic acids is 2. The number of amides is 2. The number of unbranched alkanes of at least 4 members (excludes halogenated alkanes) is 1. The molecule has 0 radical (unpaired) electrons. The van der Waals surface area contributed by atoms with Gasteiger partial charge in [0.2, 0.25) is 0 Å². The van der Waals surface area contributed by atoms with Gasteiger partial charge in [-0.3, -0.25) is 9.59 Å². The lowest BCUT2D eigenvalue weighted by Gasteiger charge is -2.16. The van der Waals surface area contributed by atoms with Crippen LogP contribution in [-0.2, 0) is 22.4 Å². The molecule has 0 saturated heterocycles. The number of nitrogens with zero attached hydrogens (tertiary/aromatic N) is 1. The average Bonchev–Trinajstić information content (AvgIpc) is 3.08. The molecule has 0 saturated carbocycles. The minimum Gasteiger partial charge on any atom is -0.350 e. The Balaban J connectivity index is 1.71. The van der Waals surface area contributed by atoms with Crippen molar-refractivity contribution in [3.05, 3.63) is 101 Å². The summed E-state index contributed by atoms with van der Waals surface area (Å²) in [6.45, 7) is 4.21. The molecule has 1 heterocycles. The van der Waals surface area contributed by atoms with Crippen LogP contribution in [0, 0.1) is 5.82 Å². The summed E-state index contributed by atoms with van der Waals surface area (Å²) in [5.41, 5.74) is 4.47. The van der Waals surface area contributed by atoms with E-state index in [2.05, 4.69) is 19.2 Å². The first-order chi connectivity index (χ1) is 16.0. The number of carbonyl (C=O) groups is 2. The summed E-state index contributed by atoms with van der Waals surface area (Å²) in [6.07, 6.45) is 4.05. The van der Waals surface area contributed by atoms with Crippen LogP contribution < -0.4 is 10.2 Å². The molecule has 5 heteroatoms. The van der Waals surface area contributed by atoms with Crippen LogP contribution in [0.3, 0.4) is 0 Å². The predicted octanol–water partition coefficient (Wildman–Crippen LogP) is 6.13. The first-order valence-electron chi connectivity index (χ1n) is 11.4. The third-order valence-electron chi connectivity index (χ3n) is 5.86. The van der Waals surface area contributed by atoms with Gasteiger partial charge < -0.3 is 5.32 Å². The van der Waals surface area contributed by atoms with E-state index in [1.54, 1.807) is 0 Å². The van der Waals surface area contributed by atoms with Crippen LogP contribution in [0.2, 0.25) is 0 Å². The topological polar surface area (TPSA) is 49.4 Å². The molecule has 0 fully saturated rings. The van der Waals surface area contributed by atoms with Gasteiger partial charge in [0, 0.05) is 5.69 Å². The molecular formula is C28H27FN2O2. The minimum atomic E-state index is -0.430. The summed E-state index contributed by atoms with van der Waals surface area (Å²) >= 11 is 0. The quantitative estimate of drug-likeness (QED) is 0.427. The second-order valence-corrected chi connectivity index (χ2v) is 8.15. The number of halogens is 1. The molecule has 3 aromatic carbocycles. The van der Waals surface area contributed by atoms with Crippen molar-refractivity contribution in [1.29, 1.82) is 0 Å².